The molecule has 0 aromatic carbocycles. The van der Waals surface area contributed by atoms with Crippen molar-refractivity contribution < 1.29 is 4.79 Å². The van der Waals surface area contributed by atoms with Gasteiger partial charge in [0.05, 0.1) is 5.54 Å². The van der Waals surface area contributed by atoms with Crippen molar-refractivity contribution in [1.29, 1.82) is 0 Å². The summed E-state index contributed by atoms with van der Waals surface area (Å²) in [5, 5.41) is 3.10. The number of nitrogens with two attached hydrogens (primary N) is 1. The quantitative estimate of drug-likeness (QED) is 0.721. The Kier molecular flexibility index (Phi) is 6.76. The summed E-state index contributed by atoms with van der Waals surface area (Å²) in [7, 11) is 0. The summed E-state index contributed by atoms with van der Waals surface area (Å²) in [4.78, 5) is 11.9. The first kappa shape index (κ1) is 16.4. The van der Waals surface area contributed by atoms with E-state index < -0.39 is 0 Å². The Labute approximate surface area is 107 Å². The Morgan fingerprint density at radius 1 is 1.18 bits per heavy atom. The molecule has 0 unspecified atom stereocenters. The van der Waals surface area contributed by atoms with Crippen LogP contribution in [-0.2, 0) is 4.79 Å². The van der Waals surface area contributed by atoms with Gasteiger partial charge in [-0.25, -0.2) is 0 Å². The zero-order valence-electron chi connectivity index (χ0n) is 12.2. The van der Waals surface area contributed by atoms with Gasteiger partial charge in [-0.1, -0.05) is 34.6 Å². The van der Waals surface area contributed by atoms with Crippen molar-refractivity contribution in [3.8, 4) is 0 Å². The minimum atomic E-state index is -0.196. The summed E-state index contributed by atoms with van der Waals surface area (Å²) >= 11 is 0. The van der Waals surface area contributed by atoms with Crippen molar-refractivity contribution in [2.45, 2.75) is 72.3 Å². The molecule has 0 aliphatic carbocycles. The maximum Gasteiger partial charge on any atom is 0.220 e. The van der Waals surface area contributed by atoms with Crippen molar-refractivity contribution in [2.75, 3.05) is 6.54 Å². The van der Waals surface area contributed by atoms with Crippen LogP contribution in [0.1, 0.15) is 66.7 Å². The first-order chi connectivity index (χ1) is 7.78. The fourth-order valence-corrected chi connectivity index (χ4v) is 1.90. The zero-order chi connectivity index (χ0) is 13.5. The third-order valence-corrected chi connectivity index (χ3v) is 3.48. The monoisotopic (exact) mass is 242 g/mol. The molecule has 1 amide bonds. The summed E-state index contributed by atoms with van der Waals surface area (Å²) in [6.07, 6.45) is 4.42. The molecule has 0 saturated carbocycles. The lowest BCUT2D eigenvalue weighted by molar-refractivity contribution is -0.123. The van der Waals surface area contributed by atoms with Crippen molar-refractivity contribution in [2.24, 2.45) is 11.1 Å². The van der Waals surface area contributed by atoms with E-state index in [2.05, 4.69) is 39.9 Å². The van der Waals surface area contributed by atoms with Gasteiger partial charge in [-0.2, -0.15) is 0 Å². The van der Waals surface area contributed by atoms with E-state index in [1.165, 1.54) is 0 Å². The lowest BCUT2D eigenvalue weighted by Crippen LogP contribution is -2.52. The van der Waals surface area contributed by atoms with E-state index in [0.29, 0.717) is 18.4 Å². The van der Waals surface area contributed by atoms with Gasteiger partial charge in [0.2, 0.25) is 5.91 Å². The normalized spacial score (nSPS) is 12.6. The second-order valence-electron chi connectivity index (χ2n) is 6.15. The number of rotatable bonds is 7. The summed E-state index contributed by atoms with van der Waals surface area (Å²) in [6, 6.07) is 0. The molecule has 0 rings (SSSR count). The molecule has 0 aromatic heterocycles. The fraction of sp³-hybridized carbons (Fsp3) is 0.929. The van der Waals surface area contributed by atoms with E-state index in [1.54, 1.807) is 0 Å². The Bertz CT molecular complexity index is 219. The smallest absolute Gasteiger partial charge is 0.220 e. The average Bonchev–Trinajstić information content (AvgIpc) is 2.24. The first-order valence-electron chi connectivity index (χ1n) is 6.79. The van der Waals surface area contributed by atoms with Crippen molar-refractivity contribution in [3.63, 3.8) is 0 Å². The van der Waals surface area contributed by atoms with Crippen LogP contribution in [0.3, 0.4) is 0 Å². The van der Waals surface area contributed by atoms with Crippen LogP contribution in [0.4, 0.5) is 0 Å². The van der Waals surface area contributed by atoms with Crippen LogP contribution < -0.4 is 11.1 Å². The molecule has 17 heavy (non-hydrogen) atoms. The molecule has 102 valence electrons. The molecule has 0 aliphatic heterocycles. The van der Waals surface area contributed by atoms with E-state index in [1.807, 2.05) is 0 Å². The highest BCUT2D eigenvalue weighted by Gasteiger charge is 2.26. The highest BCUT2D eigenvalue weighted by Crippen LogP contribution is 2.21. The molecule has 3 heteroatoms. The zero-order valence-corrected chi connectivity index (χ0v) is 12.2. The Balaban J connectivity index is 4.08. The predicted molar refractivity (Wildman–Crippen MR) is 73.8 cm³/mol. The molecule has 0 bridgehead atoms. The standard InChI is InChI=1S/C14H30N2O/c1-6-14(7-2,11-15)16-12(17)9-8-10-13(3,4)5/h6-11,15H2,1-5H3,(H,16,17). The Morgan fingerprint density at radius 2 is 1.71 bits per heavy atom. The van der Waals surface area contributed by atoms with Gasteiger partial charge in [0.1, 0.15) is 0 Å². The van der Waals surface area contributed by atoms with E-state index in [-0.39, 0.29) is 11.4 Å². The number of carbonyl (C=O) groups is 1. The molecule has 0 aliphatic rings. The maximum absolute atomic E-state index is 11.9. The van der Waals surface area contributed by atoms with Crippen molar-refractivity contribution >= 4 is 5.91 Å². The topological polar surface area (TPSA) is 55.1 Å². The highest BCUT2D eigenvalue weighted by molar-refractivity contribution is 5.76. The SMILES string of the molecule is CCC(CC)(CN)NC(=O)CCCC(C)(C)C. The van der Waals surface area contributed by atoms with Gasteiger partial charge in [-0.15, -0.1) is 0 Å². The van der Waals surface area contributed by atoms with Gasteiger partial charge in [0.15, 0.2) is 0 Å². The van der Waals surface area contributed by atoms with Crippen LogP contribution in [0.5, 0.6) is 0 Å². The number of nitrogens with one attached hydrogen (secondary N) is 1. The minimum Gasteiger partial charge on any atom is -0.349 e. The van der Waals surface area contributed by atoms with Gasteiger partial charge in [0.25, 0.3) is 0 Å². The van der Waals surface area contributed by atoms with Crippen LogP contribution in [0.25, 0.3) is 0 Å². The minimum absolute atomic E-state index is 0.142. The Morgan fingerprint density at radius 3 is 2.06 bits per heavy atom. The highest BCUT2D eigenvalue weighted by atomic mass is 16.1. The molecule has 0 atom stereocenters. The molecule has 0 spiro atoms. The largest absolute Gasteiger partial charge is 0.349 e. The molecule has 0 saturated heterocycles. The second-order valence-corrected chi connectivity index (χ2v) is 6.15. The summed E-state index contributed by atoms with van der Waals surface area (Å²) in [6.45, 7) is 11.3. The molecule has 0 fully saturated rings. The van der Waals surface area contributed by atoms with Gasteiger partial charge in [-0.05, 0) is 31.1 Å². The van der Waals surface area contributed by atoms with Crippen LogP contribution >= 0.6 is 0 Å². The van der Waals surface area contributed by atoms with Crippen LogP contribution in [0, 0.1) is 5.41 Å². The van der Waals surface area contributed by atoms with Gasteiger partial charge in [0, 0.05) is 13.0 Å². The maximum atomic E-state index is 11.9. The molecule has 0 aromatic rings. The number of hydrogen-bond acceptors (Lipinski definition) is 2. The van der Waals surface area contributed by atoms with Gasteiger partial charge in [-0.3, -0.25) is 4.79 Å². The number of carbonyl (C=O) groups excluding carboxylic acids is 1. The summed E-state index contributed by atoms with van der Waals surface area (Å²) in [5.41, 5.74) is 5.87. The van der Waals surface area contributed by atoms with Crippen molar-refractivity contribution in [3.05, 3.63) is 0 Å². The van der Waals surface area contributed by atoms with Crippen molar-refractivity contribution in [1.82, 2.24) is 5.32 Å². The molecular weight excluding hydrogens is 212 g/mol. The van der Waals surface area contributed by atoms with E-state index in [4.69, 9.17) is 5.73 Å². The van der Waals surface area contributed by atoms with Crippen LogP contribution in [0.15, 0.2) is 0 Å². The molecule has 0 radical (unpaired) electrons. The molecule has 0 heterocycles. The first-order valence-corrected chi connectivity index (χ1v) is 6.79. The van der Waals surface area contributed by atoms with E-state index >= 15 is 0 Å². The number of hydrogen-bond donors (Lipinski definition) is 2. The number of amides is 1. The van der Waals surface area contributed by atoms with E-state index in [0.717, 1.165) is 25.7 Å². The molecule has 3 nitrogen and oxygen atoms in total. The van der Waals surface area contributed by atoms with Crippen LogP contribution in [-0.4, -0.2) is 18.0 Å². The molecular formula is C14H30N2O. The summed E-state index contributed by atoms with van der Waals surface area (Å²) in [5.74, 6) is 0.142. The Hall–Kier alpha value is -0.570. The summed E-state index contributed by atoms with van der Waals surface area (Å²) < 4.78 is 0. The van der Waals surface area contributed by atoms with Gasteiger partial charge >= 0.3 is 0 Å². The fourth-order valence-electron chi connectivity index (χ4n) is 1.90. The second kappa shape index (κ2) is 7.00. The van der Waals surface area contributed by atoms with E-state index in [9.17, 15) is 4.79 Å². The molecule has 3 N–H and O–H groups in total. The average molecular weight is 242 g/mol. The third-order valence-electron chi connectivity index (χ3n) is 3.48. The lowest BCUT2D eigenvalue weighted by Gasteiger charge is -2.31. The third kappa shape index (κ3) is 6.67. The van der Waals surface area contributed by atoms with Crippen LogP contribution in [0.2, 0.25) is 0 Å². The van der Waals surface area contributed by atoms with Gasteiger partial charge < -0.3 is 11.1 Å². The lowest BCUT2D eigenvalue weighted by atomic mass is 9.89. The predicted octanol–water partition coefficient (Wildman–Crippen LogP) is 2.84.